The third-order valence-corrected chi connectivity index (χ3v) is 1.11. The van der Waals surface area contributed by atoms with Gasteiger partial charge in [0, 0.05) is 19.0 Å². The SMILES string of the molecule is C=CC(C)NC(=O)CCN. The van der Waals surface area contributed by atoms with E-state index >= 15 is 0 Å². The van der Waals surface area contributed by atoms with Crippen molar-refractivity contribution in [2.24, 2.45) is 5.73 Å². The van der Waals surface area contributed by atoms with Crippen LogP contribution >= 0.6 is 0 Å². The average Bonchev–Trinajstić information content (AvgIpc) is 1.88. The van der Waals surface area contributed by atoms with Gasteiger partial charge in [0.2, 0.25) is 5.91 Å². The van der Waals surface area contributed by atoms with E-state index in [0.29, 0.717) is 13.0 Å². The molecule has 10 heavy (non-hydrogen) atoms. The molecule has 0 fully saturated rings. The minimum absolute atomic E-state index is 0.0186. The number of amides is 1. The highest BCUT2D eigenvalue weighted by molar-refractivity contribution is 5.76. The summed E-state index contributed by atoms with van der Waals surface area (Å²) in [5, 5.41) is 2.69. The number of hydrogen-bond donors (Lipinski definition) is 2. The van der Waals surface area contributed by atoms with Gasteiger partial charge in [0.25, 0.3) is 0 Å². The second-order valence-electron chi connectivity index (χ2n) is 2.13. The molecule has 0 radical (unpaired) electrons. The first-order chi connectivity index (χ1) is 4.70. The van der Waals surface area contributed by atoms with Crippen LogP contribution in [0.15, 0.2) is 12.7 Å². The molecule has 0 aromatic heterocycles. The van der Waals surface area contributed by atoms with Crippen molar-refractivity contribution >= 4 is 5.91 Å². The van der Waals surface area contributed by atoms with Gasteiger partial charge in [0.15, 0.2) is 0 Å². The Balaban J connectivity index is 3.46. The lowest BCUT2D eigenvalue weighted by molar-refractivity contribution is -0.121. The molecular weight excluding hydrogens is 128 g/mol. The Morgan fingerprint density at radius 2 is 2.50 bits per heavy atom. The Hall–Kier alpha value is -0.830. The molecule has 1 unspecified atom stereocenters. The predicted molar refractivity (Wildman–Crippen MR) is 41.5 cm³/mol. The summed E-state index contributed by atoms with van der Waals surface area (Å²) >= 11 is 0. The Morgan fingerprint density at radius 3 is 2.90 bits per heavy atom. The van der Waals surface area contributed by atoms with Crippen LogP contribution in [0.1, 0.15) is 13.3 Å². The summed E-state index contributed by atoms with van der Waals surface area (Å²) in [4.78, 5) is 10.8. The van der Waals surface area contributed by atoms with Crippen LogP contribution in [0.25, 0.3) is 0 Å². The van der Waals surface area contributed by atoms with E-state index in [4.69, 9.17) is 5.73 Å². The zero-order chi connectivity index (χ0) is 7.98. The van der Waals surface area contributed by atoms with Crippen LogP contribution in [0.4, 0.5) is 0 Å². The lowest BCUT2D eigenvalue weighted by Gasteiger charge is -2.07. The fourth-order valence-electron chi connectivity index (χ4n) is 0.516. The molecule has 1 amide bonds. The van der Waals surface area contributed by atoms with Crippen molar-refractivity contribution in [1.82, 2.24) is 5.32 Å². The zero-order valence-electron chi connectivity index (χ0n) is 6.26. The van der Waals surface area contributed by atoms with Crippen LogP contribution in [-0.4, -0.2) is 18.5 Å². The molecule has 0 bridgehead atoms. The summed E-state index contributed by atoms with van der Waals surface area (Å²) in [6, 6.07) is 0.0408. The highest BCUT2D eigenvalue weighted by Crippen LogP contribution is 1.83. The largest absolute Gasteiger partial charge is 0.350 e. The smallest absolute Gasteiger partial charge is 0.221 e. The van der Waals surface area contributed by atoms with Crippen LogP contribution < -0.4 is 11.1 Å². The summed E-state index contributed by atoms with van der Waals surface area (Å²) < 4.78 is 0. The number of carbonyl (C=O) groups is 1. The maximum absolute atomic E-state index is 10.8. The molecule has 0 saturated carbocycles. The van der Waals surface area contributed by atoms with E-state index in [0.717, 1.165) is 0 Å². The van der Waals surface area contributed by atoms with Crippen molar-refractivity contribution in [1.29, 1.82) is 0 Å². The van der Waals surface area contributed by atoms with Crippen LogP contribution in [0.3, 0.4) is 0 Å². The van der Waals surface area contributed by atoms with Crippen LogP contribution in [-0.2, 0) is 4.79 Å². The van der Waals surface area contributed by atoms with Crippen LogP contribution in [0.2, 0.25) is 0 Å². The minimum atomic E-state index is -0.0186. The minimum Gasteiger partial charge on any atom is -0.350 e. The summed E-state index contributed by atoms with van der Waals surface area (Å²) in [5.41, 5.74) is 5.16. The second kappa shape index (κ2) is 4.99. The molecule has 0 aliphatic heterocycles. The maximum Gasteiger partial charge on any atom is 0.221 e. The molecule has 0 aliphatic carbocycles. The van der Waals surface area contributed by atoms with E-state index in [1.165, 1.54) is 0 Å². The van der Waals surface area contributed by atoms with Crippen molar-refractivity contribution in [3.8, 4) is 0 Å². The van der Waals surface area contributed by atoms with Gasteiger partial charge in [0.1, 0.15) is 0 Å². The van der Waals surface area contributed by atoms with Gasteiger partial charge >= 0.3 is 0 Å². The van der Waals surface area contributed by atoms with Gasteiger partial charge in [-0.25, -0.2) is 0 Å². The van der Waals surface area contributed by atoms with Crippen molar-refractivity contribution in [2.45, 2.75) is 19.4 Å². The van der Waals surface area contributed by atoms with Crippen molar-refractivity contribution in [2.75, 3.05) is 6.54 Å². The molecule has 0 rings (SSSR count). The standard InChI is InChI=1S/C7H14N2O/c1-3-6(2)9-7(10)4-5-8/h3,6H,1,4-5,8H2,2H3,(H,9,10). The van der Waals surface area contributed by atoms with E-state index in [1.807, 2.05) is 6.92 Å². The Morgan fingerprint density at radius 1 is 1.90 bits per heavy atom. The van der Waals surface area contributed by atoms with Gasteiger partial charge < -0.3 is 11.1 Å². The van der Waals surface area contributed by atoms with Gasteiger partial charge in [-0.05, 0) is 6.92 Å². The molecule has 3 N–H and O–H groups in total. The highest BCUT2D eigenvalue weighted by Gasteiger charge is 2.00. The number of hydrogen-bond acceptors (Lipinski definition) is 2. The summed E-state index contributed by atoms with van der Waals surface area (Å²) in [6.07, 6.45) is 2.06. The molecule has 0 heterocycles. The Bertz CT molecular complexity index is 123. The Labute approximate surface area is 61.3 Å². The van der Waals surface area contributed by atoms with E-state index < -0.39 is 0 Å². The Kier molecular flexibility index (Phi) is 4.58. The van der Waals surface area contributed by atoms with Gasteiger partial charge in [-0.1, -0.05) is 6.08 Å². The predicted octanol–water partition coefficient (Wildman–Crippen LogP) is 0.0259. The monoisotopic (exact) mass is 142 g/mol. The first kappa shape index (κ1) is 9.17. The van der Waals surface area contributed by atoms with Gasteiger partial charge in [-0.2, -0.15) is 0 Å². The summed E-state index contributed by atoms with van der Waals surface area (Å²) in [7, 11) is 0. The number of rotatable bonds is 4. The fourth-order valence-corrected chi connectivity index (χ4v) is 0.516. The third kappa shape index (κ3) is 4.09. The average molecular weight is 142 g/mol. The number of nitrogens with one attached hydrogen (secondary N) is 1. The first-order valence-corrected chi connectivity index (χ1v) is 3.32. The number of carbonyl (C=O) groups excluding carboxylic acids is 1. The zero-order valence-corrected chi connectivity index (χ0v) is 6.26. The van der Waals surface area contributed by atoms with Gasteiger partial charge in [-0.3, -0.25) is 4.79 Å². The van der Waals surface area contributed by atoms with Crippen molar-refractivity contribution in [3.63, 3.8) is 0 Å². The van der Waals surface area contributed by atoms with E-state index in [9.17, 15) is 4.79 Å². The molecule has 0 saturated heterocycles. The topological polar surface area (TPSA) is 55.1 Å². The van der Waals surface area contributed by atoms with E-state index in [-0.39, 0.29) is 11.9 Å². The van der Waals surface area contributed by atoms with Crippen molar-refractivity contribution < 1.29 is 4.79 Å². The van der Waals surface area contributed by atoms with Crippen LogP contribution in [0.5, 0.6) is 0 Å². The van der Waals surface area contributed by atoms with Gasteiger partial charge in [0.05, 0.1) is 0 Å². The molecule has 3 heteroatoms. The maximum atomic E-state index is 10.8. The molecule has 3 nitrogen and oxygen atoms in total. The first-order valence-electron chi connectivity index (χ1n) is 3.32. The molecule has 0 aromatic carbocycles. The van der Waals surface area contributed by atoms with Gasteiger partial charge in [-0.15, -0.1) is 6.58 Å². The van der Waals surface area contributed by atoms with Crippen molar-refractivity contribution in [3.05, 3.63) is 12.7 Å². The quantitative estimate of drug-likeness (QED) is 0.544. The molecule has 58 valence electrons. The lowest BCUT2D eigenvalue weighted by atomic mass is 10.3. The molecule has 0 spiro atoms. The lowest BCUT2D eigenvalue weighted by Crippen LogP contribution is -2.32. The van der Waals surface area contributed by atoms with E-state index in [2.05, 4.69) is 11.9 Å². The second-order valence-corrected chi connectivity index (χ2v) is 2.13. The summed E-state index contributed by atoms with van der Waals surface area (Å²) in [5.74, 6) is -0.0186. The normalized spacial score (nSPS) is 12.2. The molecular formula is C7H14N2O. The number of nitrogens with two attached hydrogens (primary N) is 1. The molecule has 1 atom stereocenters. The summed E-state index contributed by atoms with van der Waals surface area (Å²) in [6.45, 7) is 5.79. The molecule has 0 aromatic rings. The molecule has 0 aliphatic rings. The third-order valence-electron chi connectivity index (χ3n) is 1.11. The highest BCUT2D eigenvalue weighted by atomic mass is 16.1. The van der Waals surface area contributed by atoms with E-state index in [1.54, 1.807) is 6.08 Å². The fraction of sp³-hybridized carbons (Fsp3) is 0.571. The van der Waals surface area contributed by atoms with Crippen LogP contribution in [0, 0.1) is 0 Å².